The minimum absolute atomic E-state index is 0.407. The van der Waals surface area contributed by atoms with Gasteiger partial charge in [-0.1, -0.05) is 32.0 Å². The summed E-state index contributed by atoms with van der Waals surface area (Å²) in [7, 11) is 0. The summed E-state index contributed by atoms with van der Waals surface area (Å²) in [6, 6.07) is 10.5. The molecule has 0 aliphatic rings. The van der Waals surface area contributed by atoms with Gasteiger partial charge in [0.25, 0.3) is 0 Å². The lowest BCUT2D eigenvalue weighted by Gasteiger charge is -2.06. The quantitative estimate of drug-likeness (QED) is 0.874. The predicted octanol–water partition coefficient (Wildman–Crippen LogP) is 2.91. The van der Waals surface area contributed by atoms with Crippen molar-refractivity contribution in [3.05, 3.63) is 36.0 Å². The van der Waals surface area contributed by atoms with Gasteiger partial charge in [0.1, 0.15) is 6.54 Å². The fraction of sp³-hybridized carbons (Fsp3) is 0.400. The van der Waals surface area contributed by atoms with Crippen LogP contribution in [0.4, 0.5) is 0 Å². The van der Waals surface area contributed by atoms with Crippen molar-refractivity contribution in [2.24, 2.45) is 5.92 Å². The van der Waals surface area contributed by atoms with Crippen molar-refractivity contribution in [1.82, 2.24) is 9.88 Å². The van der Waals surface area contributed by atoms with Gasteiger partial charge in [-0.05, 0) is 24.1 Å². The van der Waals surface area contributed by atoms with Crippen molar-refractivity contribution in [2.45, 2.75) is 26.9 Å². The minimum atomic E-state index is 0.407. The molecule has 1 aromatic carbocycles. The minimum Gasteiger partial charge on any atom is -0.333 e. The van der Waals surface area contributed by atoms with Crippen molar-refractivity contribution >= 4 is 10.9 Å². The number of benzene rings is 1. The van der Waals surface area contributed by atoms with Crippen molar-refractivity contribution in [2.75, 3.05) is 6.54 Å². The predicted molar refractivity (Wildman–Crippen MR) is 74.1 cm³/mol. The molecule has 2 aromatic rings. The van der Waals surface area contributed by atoms with E-state index in [1.165, 1.54) is 10.9 Å². The van der Waals surface area contributed by atoms with Gasteiger partial charge in [-0.3, -0.25) is 0 Å². The number of nitrogens with zero attached hydrogens (tertiary/aromatic N) is 2. The van der Waals surface area contributed by atoms with Crippen LogP contribution in [0, 0.1) is 17.2 Å². The summed E-state index contributed by atoms with van der Waals surface area (Å²) in [4.78, 5) is 0. The molecule has 0 atom stereocenters. The van der Waals surface area contributed by atoms with Gasteiger partial charge in [0.2, 0.25) is 0 Å². The summed E-state index contributed by atoms with van der Waals surface area (Å²) in [5.41, 5.74) is 2.40. The summed E-state index contributed by atoms with van der Waals surface area (Å²) in [5.74, 6) is 0.650. The van der Waals surface area contributed by atoms with Crippen LogP contribution in [0.3, 0.4) is 0 Å². The van der Waals surface area contributed by atoms with Crippen LogP contribution in [-0.4, -0.2) is 11.1 Å². The van der Waals surface area contributed by atoms with Crippen LogP contribution in [0.25, 0.3) is 10.9 Å². The number of para-hydroxylation sites is 1. The second-order valence-electron chi connectivity index (χ2n) is 4.98. The van der Waals surface area contributed by atoms with E-state index < -0.39 is 0 Å². The third kappa shape index (κ3) is 2.72. The zero-order valence-electron chi connectivity index (χ0n) is 11.0. The molecule has 3 nitrogen and oxygen atoms in total. The lowest BCUT2D eigenvalue weighted by Crippen LogP contribution is -2.18. The van der Waals surface area contributed by atoms with E-state index in [0.717, 1.165) is 18.6 Å². The number of hydrogen-bond donors (Lipinski definition) is 1. The molecule has 0 amide bonds. The van der Waals surface area contributed by atoms with Crippen LogP contribution in [-0.2, 0) is 13.1 Å². The Kier molecular flexibility index (Phi) is 4.01. The second-order valence-corrected chi connectivity index (χ2v) is 4.98. The molecule has 0 saturated carbocycles. The van der Waals surface area contributed by atoms with Crippen molar-refractivity contribution in [1.29, 1.82) is 5.26 Å². The van der Waals surface area contributed by atoms with Crippen LogP contribution >= 0.6 is 0 Å². The molecule has 0 unspecified atom stereocenters. The van der Waals surface area contributed by atoms with E-state index in [4.69, 9.17) is 5.26 Å². The standard InChI is InChI=1S/C15H19N3/c1-12(2)9-17-10-13-11-18(8-7-16)15-6-4-3-5-14(13)15/h3-6,11-12,17H,8-10H2,1-2H3. The molecule has 2 rings (SSSR count). The summed E-state index contributed by atoms with van der Waals surface area (Å²) in [5, 5.41) is 13.5. The van der Waals surface area contributed by atoms with Gasteiger partial charge in [0.15, 0.2) is 0 Å². The largest absolute Gasteiger partial charge is 0.333 e. The zero-order valence-corrected chi connectivity index (χ0v) is 11.0. The normalized spacial score (nSPS) is 11.0. The maximum absolute atomic E-state index is 8.85. The van der Waals surface area contributed by atoms with E-state index >= 15 is 0 Å². The molecular formula is C15H19N3. The van der Waals surface area contributed by atoms with Crippen LogP contribution < -0.4 is 5.32 Å². The van der Waals surface area contributed by atoms with Gasteiger partial charge in [-0.25, -0.2) is 0 Å². The summed E-state index contributed by atoms with van der Waals surface area (Å²) >= 11 is 0. The number of hydrogen-bond acceptors (Lipinski definition) is 2. The first kappa shape index (κ1) is 12.7. The highest BCUT2D eigenvalue weighted by Gasteiger charge is 2.07. The Bertz CT molecular complexity index is 561. The molecule has 0 aliphatic carbocycles. The highest BCUT2D eigenvalue weighted by Crippen LogP contribution is 2.21. The lowest BCUT2D eigenvalue weighted by atomic mass is 10.1. The smallest absolute Gasteiger partial charge is 0.110 e. The molecule has 0 fully saturated rings. The first-order chi connectivity index (χ1) is 8.72. The molecule has 0 saturated heterocycles. The molecule has 0 radical (unpaired) electrons. The van der Waals surface area contributed by atoms with Gasteiger partial charge in [0, 0.05) is 23.6 Å². The van der Waals surface area contributed by atoms with Gasteiger partial charge in [-0.2, -0.15) is 5.26 Å². The van der Waals surface area contributed by atoms with Crippen LogP contribution in [0.5, 0.6) is 0 Å². The Morgan fingerprint density at radius 3 is 2.83 bits per heavy atom. The summed E-state index contributed by atoms with van der Waals surface area (Å²) in [6.45, 7) is 6.68. The van der Waals surface area contributed by atoms with Crippen molar-refractivity contribution in [3.8, 4) is 6.07 Å². The number of aromatic nitrogens is 1. The molecule has 18 heavy (non-hydrogen) atoms. The van der Waals surface area contributed by atoms with Crippen LogP contribution in [0.2, 0.25) is 0 Å². The Balaban J connectivity index is 2.25. The van der Waals surface area contributed by atoms with Gasteiger partial charge < -0.3 is 9.88 Å². The molecule has 0 aliphatic heterocycles. The van der Waals surface area contributed by atoms with Crippen molar-refractivity contribution < 1.29 is 0 Å². The Labute approximate surface area is 108 Å². The SMILES string of the molecule is CC(C)CNCc1cn(CC#N)c2ccccc12. The van der Waals surface area contributed by atoms with E-state index in [0.29, 0.717) is 12.5 Å². The Hall–Kier alpha value is -1.79. The van der Waals surface area contributed by atoms with Gasteiger partial charge in [0.05, 0.1) is 6.07 Å². The average Bonchev–Trinajstić information content (AvgIpc) is 2.69. The molecule has 1 heterocycles. The number of nitriles is 1. The Morgan fingerprint density at radius 1 is 1.33 bits per heavy atom. The third-order valence-corrected chi connectivity index (χ3v) is 2.98. The van der Waals surface area contributed by atoms with E-state index in [1.54, 1.807) is 0 Å². The van der Waals surface area contributed by atoms with Gasteiger partial charge in [-0.15, -0.1) is 0 Å². The summed E-state index contributed by atoms with van der Waals surface area (Å²) in [6.07, 6.45) is 2.08. The topological polar surface area (TPSA) is 40.8 Å². The van der Waals surface area contributed by atoms with E-state index in [1.807, 2.05) is 16.7 Å². The molecule has 1 aromatic heterocycles. The number of fused-ring (bicyclic) bond motifs is 1. The average molecular weight is 241 g/mol. The number of rotatable bonds is 5. The second kappa shape index (κ2) is 5.70. The fourth-order valence-electron chi connectivity index (χ4n) is 2.17. The number of nitrogens with one attached hydrogen (secondary N) is 1. The highest BCUT2D eigenvalue weighted by molar-refractivity contribution is 5.84. The highest BCUT2D eigenvalue weighted by atomic mass is 15.0. The Morgan fingerprint density at radius 2 is 2.11 bits per heavy atom. The molecule has 1 N–H and O–H groups in total. The van der Waals surface area contributed by atoms with Crippen LogP contribution in [0.1, 0.15) is 19.4 Å². The monoisotopic (exact) mass is 241 g/mol. The first-order valence-electron chi connectivity index (χ1n) is 6.36. The van der Waals surface area contributed by atoms with Crippen molar-refractivity contribution in [3.63, 3.8) is 0 Å². The van der Waals surface area contributed by atoms with Gasteiger partial charge >= 0.3 is 0 Å². The first-order valence-corrected chi connectivity index (χ1v) is 6.36. The summed E-state index contributed by atoms with van der Waals surface area (Å²) < 4.78 is 2.02. The van der Waals surface area contributed by atoms with E-state index in [-0.39, 0.29) is 0 Å². The molecular weight excluding hydrogens is 222 g/mol. The maximum Gasteiger partial charge on any atom is 0.110 e. The molecule has 3 heteroatoms. The lowest BCUT2D eigenvalue weighted by molar-refractivity contribution is 0.553. The van der Waals surface area contributed by atoms with Crippen LogP contribution in [0.15, 0.2) is 30.5 Å². The maximum atomic E-state index is 8.85. The zero-order chi connectivity index (χ0) is 13.0. The molecule has 0 spiro atoms. The van der Waals surface area contributed by atoms with E-state index in [9.17, 15) is 0 Å². The van der Waals surface area contributed by atoms with E-state index in [2.05, 4.69) is 43.6 Å². The molecule has 0 bridgehead atoms. The third-order valence-electron chi connectivity index (χ3n) is 2.98. The molecule has 94 valence electrons. The fourth-order valence-corrected chi connectivity index (χ4v) is 2.17.